The van der Waals surface area contributed by atoms with Crippen LogP contribution in [0.5, 0.6) is 11.5 Å². The van der Waals surface area contributed by atoms with Gasteiger partial charge >= 0.3 is 0 Å². The predicted molar refractivity (Wildman–Crippen MR) is 115 cm³/mol. The van der Waals surface area contributed by atoms with E-state index in [0.717, 1.165) is 34.7 Å². The number of rotatable bonds is 5. The molecule has 1 N–H and O–H groups in total. The van der Waals surface area contributed by atoms with Gasteiger partial charge in [-0.2, -0.15) is 0 Å². The quantitative estimate of drug-likeness (QED) is 0.625. The van der Waals surface area contributed by atoms with Gasteiger partial charge in [0.05, 0.1) is 0 Å². The normalized spacial score (nSPS) is 14.0. The molecule has 0 unspecified atom stereocenters. The molecule has 3 aromatic carbocycles. The Labute approximate surface area is 171 Å². The lowest BCUT2D eigenvalue weighted by Gasteiger charge is -2.18. The molecular weight excluding hydrogens is 362 g/mol. The van der Waals surface area contributed by atoms with E-state index < -0.39 is 0 Å². The average molecular weight is 387 g/mol. The van der Waals surface area contributed by atoms with E-state index in [2.05, 4.69) is 25.2 Å². The van der Waals surface area contributed by atoms with Crippen molar-refractivity contribution in [2.75, 3.05) is 5.32 Å². The van der Waals surface area contributed by atoms with Crippen LogP contribution in [0.2, 0.25) is 0 Å². The van der Waals surface area contributed by atoms with E-state index in [4.69, 9.17) is 9.47 Å². The fourth-order valence-corrected chi connectivity index (χ4v) is 3.54. The van der Waals surface area contributed by atoms with Crippen LogP contribution in [-0.4, -0.2) is 11.5 Å². The first kappa shape index (κ1) is 19.1. The minimum atomic E-state index is -0.200. The number of hydrogen-bond acceptors (Lipinski definition) is 3. The van der Waals surface area contributed by atoms with Crippen LogP contribution in [0.15, 0.2) is 66.7 Å². The minimum Gasteiger partial charge on any atom is -0.485 e. The van der Waals surface area contributed by atoms with Gasteiger partial charge < -0.3 is 14.8 Å². The van der Waals surface area contributed by atoms with E-state index in [1.807, 2.05) is 67.6 Å². The molecule has 1 aliphatic heterocycles. The molecule has 0 aliphatic carbocycles. The van der Waals surface area contributed by atoms with Crippen molar-refractivity contribution in [1.29, 1.82) is 0 Å². The lowest BCUT2D eigenvalue weighted by molar-refractivity contribution is 0.102. The van der Waals surface area contributed by atoms with Crippen LogP contribution in [0.4, 0.5) is 5.69 Å². The Kier molecular flexibility index (Phi) is 5.01. The van der Waals surface area contributed by atoms with Crippen LogP contribution in [0, 0.1) is 6.92 Å². The molecule has 0 saturated carbocycles. The van der Waals surface area contributed by atoms with E-state index in [1.54, 1.807) is 0 Å². The van der Waals surface area contributed by atoms with Gasteiger partial charge in [-0.25, -0.2) is 0 Å². The molecule has 3 aromatic rings. The zero-order valence-corrected chi connectivity index (χ0v) is 17.0. The summed E-state index contributed by atoms with van der Waals surface area (Å²) in [5.41, 5.74) is 4.48. The third-order valence-corrected chi connectivity index (χ3v) is 4.94. The first-order valence-electron chi connectivity index (χ1n) is 9.80. The second-order valence-electron chi connectivity index (χ2n) is 8.09. The third-order valence-electron chi connectivity index (χ3n) is 4.94. The molecule has 0 aromatic heterocycles. The molecule has 0 bridgehead atoms. The van der Waals surface area contributed by atoms with Crippen molar-refractivity contribution in [2.45, 2.75) is 39.4 Å². The summed E-state index contributed by atoms with van der Waals surface area (Å²) in [5.74, 6) is 1.47. The van der Waals surface area contributed by atoms with E-state index in [-0.39, 0.29) is 11.5 Å². The first-order valence-corrected chi connectivity index (χ1v) is 9.80. The predicted octanol–water partition coefficient (Wildman–Crippen LogP) is 5.54. The summed E-state index contributed by atoms with van der Waals surface area (Å²) in [6.07, 6.45) is 0.879. The van der Waals surface area contributed by atoms with Gasteiger partial charge in [-0.15, -0.1) is 0 Å². The van der Waals surface area contributed by atoms with Crippen molar-refractivity contribution in [1.82, 2.24) is 0 Å². The average Bonchev–Trinajstić information content (AvgIpc) is 3.01. The Hall–Kier alpha value is -3.27. The molecule has 0 radical (unpaired) electrons. The van der Waals surface area contributed by atoms with Gasteiger partial charge in [0.1, 0.15) is 12.2 Å². The second-order valence-corrected chi connectivity index (χ2v) is 8.09. The molecule has 0 spiro atoms. The van der Waals surface area contributed by atoms with E-state index in [0.29, 0.717) is 12.2 Å². The van der Waals surface area contributed by atoms with Gasteiger partial charge in [-0.1, -0.05) is 36.4 Å². The second kappa shape index (κ2) is 7.63. The molecule has 1 heterocycles. The fourth-order valence-electron chi connectivity index (χ4n) is 3.54. The van der Waals surface area contributed by atoms with Crippen molar-refractivity contribution < 1.29 is 14.3 Å². The number of benzene rings is 3. The van der Waals surface area contributed by atoms with Crippen molar-refractivity contribution in [3.8, 4) is 11.5 Å². The van der Waals surface area contributed by atoms with Gasteiger partial charge in [-0.3, -0.25) is 4.79 Å². The number of ether oxygens (including phenoxy) is 2. The van der Waals surface area contributed by atoms with E-state index in [1.165, 1.54) is 5.56 Å². The third kappa shape index (κ3) is 4.43. The first-order chi connectivity index (χ1) is 13.9. The maximum atomic E-state index is 12.4. The molecular formula is C25H25NO3. The Morgan fingerprint density at radius 2 is 1.83 bits per heavy atom. The largest absolute Gasteiger partial charge is 0.485 e. The molecule has 148 valence electrons. The fraction of sp³-hybridized carbons (Fsp3) is 0.240. The summed E-state index contributed by atoms with van der Waals surface area (Å²) in [5, 5.41) is 2.93. The molecule has 0 atom stereocenters. The van der Waals surface area contributed by atoms with Crippen molar-refractivity contribution >= 4 is 11.6 Å². The molecule has 1 amide bonds. The van der Waals surface area contributed by atoms with Gasteiger partial charge in [0.15, 0.2) is 11.5 Å². The minimum absolute atomic E-state index is 0.125. The topological polar surface area (TPSA) is 47.6 Å². The number of para-hydroxylation sites is 1. The van der Waals surface area contributed by atoms with Crippen LogP contribution in [0.1, 0.15) is 40.9 Å². The maximum Gasteiger partial charge on any atom is 0.255 e. The van der Waals surface area contributed by atoms with Crippen LogP contribution < -0.4 is 14.8 Å². The zero-order chi connectivity index (χ0) is 20.4. The van der Waals surface area contributed by atoms with Gasteiger partial charge in [-0.05, 0) is 62.2 Å². The van der Waals surface area contributed by atoms with Crippen molar-refractivity contribution in [3.63, 3.8) is 0 Å². The van der Waals surface area contributed by atoms with Gasteiger partial charge in [0.2, 0.25) is 0 Å². The van der Waals surface area contributed by atoms with Gasteiger partial charge in [0, 0.05) is 23.2 Å². The smallest absolute Gasteiger partial charge is 0.255 e. The lowest BCUT2D eigenvalue weighted by Crippen LogP contribution is -2.24. The number of aryl methyl sites for hydroxylation is 1. The van der Waals surface area contributed by atoms with Crippen molar-refractivity contribution in [2.24, 2.45) is 0 Å². The van der Waals surface area contributed by atoms with Crippen molar-refractivity contribution in [3.05, 3.63) is 89.0 Å². The highest BCUT2D eigenvalue weighted by Crippen LogP contribution is 2.41. The molecule has 0 saturated heterocycles. The molecule has 4 heteroatoms. The number of fused-ring (bicyclic) bond motifs is 1. The van der Waals surface area contributed by atoms with Crippen LogP contribution in [0.25, 0.3) is 0 Å². The summed E-state index contributed by atoms with van der Waals surface area (Å²) in [7, 11) is 0. The molecule has 0 fully saturated rings. The summed E-state index contributed by atoms with van der Waals surface area (Å²) in [6.45, 7) is 6.58. The Bertz CT molecular complexity index is 1040. The maximum absolute atomic E-state index is 12.4. The monoisotopic (exact) mass is 387 g/mol. The van der Waals surface area contributed by atoms with Crippen LogP contribution >= 0.6 is 0 Å². The summed E-state index contributed by atoms with van der Waals surface area (Å²) < 4.78 is 12.1. The highest BCUT2D eigenvalue weighted by atomic mass is 16.5. The SMILES string of the molecule is Cc1cccc(NC(=O)c2ccc(COc3cccc4c3OC(C)(C)C4)cc2)c1. The Morgan fingerprint density at radius 1 is 1.07 bits per heavy atom. The number of anilines is 1. The number of carbonyl (C=O) groups is 1. The van der Waals surface area contributed by atoms with Crippen LogP contribution in [-0.2, 0) is 13.0 Å². The Balaban J connectivity index is 1.40. The summed E-state index contributed by atoms with van der Waals surface area (Å²) >= 11 is 0. The number of amides is 1. The summed E-state index contributed by atoms with van der Waals surface area (Å²) in [4.78, 5) is 12.4. The van der Waals surface area contributed by atoms with E-state index in [9.17, 15) is 4.79 Å². The molecule has 4 rings (SSSR count). The summed E-state index contributed by atoms with van der Waals surface area (Å²) in [6, 6.07) is 21.2. The Morgan fingerprint density at radius 3 is 2.59 bits per heavy atom. The highest BCUT2D eigenvalue weighted by molar-refractivity contribution is 6.04. The molecule has 4 nitrogen and oxygen atoms in total. The zero-order valence-electron chi connectivity index (χ0n) is 17.0. The number of nitrogens with one attached hydrogen (secondary N) is 1. The molecule has 29 heavy (non-hydrogen) atoms. The number of carbonyl (C=O) groups excluding carboxylic acids is 1. The van der Waals surface area contributed by atoms with E-state index >= 15 is 0 Å². The lowest BCUT2D eigenvalue weighted by atomic mass is 10.0. The number of hydrogen-bond donors (Lipinski definition) is 1. The molecule has 1 aliphatic rings. The van der Waals surface area contributed by atoms with Gasteiger partial charge in [0.25, 0.3) is 5.91 Å². The van der Waals surface area contributed by atoms with Crippen LogP contribution in [0.3, 0.4) is 0 Å². The highest BCUT2D eigenvalue weighted by Gasteiger charge is 2.32. The standard InChI is InChI=1S/C25H25NO3/c1-17-6-4-8-21(14-17)26-24(27)19-12-10-18(11-13-19)16-28-22-9-5-7-20-15-25(2,3)29-23(20)22/h4-14H,15-16H2,1-3H3,(H,26,27).